The fourth-order valence-electron chi connectivity index (χ4n) is 4.69. The molecular formula is C28H31N3O7. The number of nitrogens with one attached hydrogen (secondary N) is 3. The summed E-state index contributed by atoms with van der Waals surface area (Å²) >= 11 is 0. The average molecular weight is 522 g/mol. The van der Waals surface area contributed by atoms with Gasteiger partial charge in [0, 0.05) is 12.5 Å². The highest BCUT2D eigenvalue weighted by molar-refractivity contribution is 5.84. The zero-order valence-corrected chi connectivity index (χ0v) is 21.8. The van der Waals surface area contributed by atoms with Gasteiger partial charge in [0.25, 0.3) is 0 Å². The van der Waals surface area contributed by atoms with Crippen LogP contribution in [0.5, 0.6) is 17.2 Å². The number of benzene rings is 1. The molecule has 10 nitrogen and oxygen atoms in total. The van der Waals surface area contributed by atoms with E-state index >= 15 is 0 Å². The minimum atomic E-state index is -0.416. The van der Waals surface area contributed by atoms with Crippen molar-refractivity contribution < 1.29 is 28.2 Å². The Morgan fingerprint density at radius 2 is 1.84 bits per heavy atom. The normalized spacial score (nSPS) is 13.8. The first-order valence-electron chi connectivity index (χ1n) is 12.2. The molecule has 38 heavy (non-hydrogen) atoms. The highest BCUT2D eigenvalue weighted by atomic mass is 16.5. The highest BCUT2D eigenvalue weighted by Gasteiger charge is 2.29. The Morgan fingerprint density at radius 3 is 2.50 bits per heavy atom. The van der Waals surface area contributed by atoms with Crippen molar-refractivity contribution in [2.75, 3.05) is 33.2 Å². The third-order valence-corrected chi connectivity index (χ3v) is 6.40. The monoisotopic (exact) mass is 521 g/mol. The summed E-state index contributed by atoms with van der Waals surface area (Å²) in [5.74, 6) is 1.54. The van der Waals surface area contributed by atoms with Crippen LogP contribution in [0.3, 0.4) is 0 Å². The number of aryl methyl sites for hydroxylation is 1. The van der Waals surface area contributed by atoms with E-state index in [0.29, 0.717) is 47.0 Å². The summed E-state index contributed by atoms with van der Waals surface area (Å²) in [5.41, 5.74) is 2.97. The van der Waals surface area contributed by atoms with E-state index in [-0.39, 0.29) is 36.0 Å². The number of fused-ring (bicyclic) bond motifs is 3. The van der Waals surface area contributed by atoms with Crippen LogP contribution in [-0.4, -0.2) is 39.7 Å². The number of hydrogen-bond acceptors (Lipinski definition) is 8. The second-order valence-electron chi connectivity index (χ2n) is 8.81. The van der Waals surface area contributed by atoms with Crippen LogP contribution in [-0.2, 0) is 22.6 Å². The molecule has 0 unspecified atom stereocenters. The van der Waals surface area contributed by atoms with Crippen LogP contribution < -0.4 is 35.6 Å². The molecule has 3 aromatic rings. The molecule has 0 saturated heterocycles. The van der Waals surface area contributed by atoms with E-state index in [2.05, 4.69) is 16.0 Å². The number of carbonyl (C=O) groups excluding carboxylic acids is 2. The predicted octanol–water partition coefficient (Wildman–Crippen LogP) is 3.18. The van der Waals surface area contributed by atoms with Gasteiger partial charge in [-0.3, -0.25) is 14.4 Å². The maximum Gasteiger partial charge on any atom is 0.239 e. The fourth-order valence-corrected chi connectivity index (χ4v) is 4.69. The summed E-state index contributed by atoms with van der Waals surface area (Å²) in [6, 6.07) is 9.92. The Morgan fingerprint density at radius 1 is 1.05 bits per heavy atom. The number of methoxy groups -OCH3 is 3. The van der Waals surface area contributed by atoms with Crippen LogP contribution in [0, 0.1) is 0 Å². The molecule has 1 heterocycles. The van der Waals surface area contributed by atoms with Crippen molar-refractivity contribution in [3.05, 3.63) is 69.8 Å². The second-order valence-corrected chi connectivity index (χ2v) is 8.81. The Balaban J connectivity index is 1.75. The van der Waals surface area contributed by atoms with E-state index in [9.17, 15) is 14.4 Å². The number of amides is 2. The van der Waals surface area contributed by atoms with Gasteiger partial charge in [-0.25, -0.2) is 0 Å². The highest BCUT2D eigenvalue weighted by Crippen LogP contribution is 2.50. The van der Waals surface area contributed by atoms with Crippen LogP contribution in [0.1, 0.15) is 36.3 Å². The number of carbonyl (C=O) groups is 2. The van der Waals surface area contributed by atoms with Crippen molar-refractivity contribution in [2.24, 2.45) is 0 Å². The molecule has 0 spiro atoms. The molecule has 0 fully saturated rings. The number of ether oxygens (including phenoxy) is 3. The van der Waals surface area contributed by atoms with Gasteiger partial charge in [-0.1, -0.05) is 6.07 Å². The smallest absolute Gasteiger partial charge is 0.239 e. The Hall–Kier alpha value is -4.47. The van der Waals surface area contributed by atoms with E-state index < -0.39 is 6.04 Å². The van der Waals surface area contributed by atoms with Crippen molar-refractivity contribution in [2.45, 2.75) is 32.4 Å². The van der Waals surface area contributed by atoms with Crippen molar-refractivity contribution in [3.8, 4) is 28.4 Å². The van der Waals surface area contributed by atoms with E-state index in [1.54, 1.807) is 38.5 Å². The molecule has 1 aromatic heterocycles. The second kappa shape index (κ2) is 11.7. The molecular weight excluding hydrogens is 490 g/mol. The number of furan rings is 1. The SMILES string of the molecule is COc1cc2c(c(OC)c1OC)-c1ccc(NCC(=O)NCc3ccco3)c(=O)cc1[C@H](NC(C)=O)CC2. The Bertz CT molecular complexity index is 1390. The third-order valence-electron chi connectivity index (χ3n) is 6.40. The Labute approximate surface area is 220 Å². The van der Waals surface area contributed by atoms with Crippen LogP contribution >= 0.6 is 0 Å². The van der Waals surface area contributed by atoms with Crippen LogP contribution in [0.15, 0.2) is 51.9 Å². The molecule has 2 aromatic carbocycles. The zero-order chi connectivity index (χ0) is 27.2. The van der Waals surface area contributed by atoms with Gasteiger partial charge in [-0.05, 0) is 59.9 Å². The first-order chi connectivity index (χ1) is 18.4. The van der Waals surface area contributed by atoms with E-state index in [1.807, 2.05) is 6.07 Å². The number of hydrogen-bond donors (Lipinski definition) is 3. The molecule has 0 saturated carbocycles. The van der Waals surface area contributed by atoms with Gasteiger partial charge in [0.15, 0.2) is 11.5 Å². The lowest BCUT2D eigenvalue weighted by molar-refractivity contribution is -0.120. The van der Waals surface area contributed by atoms with Crippen molar-refractivity contribution in [1.29, 1.82) is 0 Å². The van der Waals surface area contributed by atoms with Gasteiger partial charge in [0.2, 0.25) is 23.0 Å². The molecule has 2 amide bonds. The zero-order valence-electron chi connectivity index (χ0n) is 21.8. The topological polar surface area (TPSA) is 128 Å². The summed E-state index contributed by atoms with van der Waals surface area (Å²) in [5, 5.41) is 8.64. The summed E-state index contributed by atoms with van der Waals surface area (Å²) in [4.78, 5) is 37.7. The minimum absolute atomic E-state index is 0.106. The standard InChI is InChI=1S/C28H31N3O7/c1-16(32)31-21-9-7-17-12-24(35-2)27(36-3)28(37-4)26(17)19-8-10-22(23(33)13-20(19)21)29-15-25(34)30-14-18-6-5-11-38-18/h5-6,8,10-13,21H,7,9,14-15H2,1-4H3,(H,29,33)(H,30,34)(H,31,32)/t21-/m1/s1. The summed E-state index contributed by atoms with van der Waals surface area (Å²) in [7, 11) is 4.63. The predicted molar refractivity (Wildman–Crippen MR) is 142 cm³/mol. The quantitative estimate of drug-likeness (QED) is 0.392. The molecule has 0 radical (unpaired) electrons. The largest absolute Gasteiger partial charge is 0.493 e. The molecule has 1 aliphatic rings. The molecule has 1 atom stereocenters. The maximum absolute atomic E-state index is 13.3. The van der Waals surface area contributed by atoms with Crippen LogP contribution in [0.4, 0.5) is 5.69 Å². The summed E-state index contributed by atoms with van der Waals surface area (Å²) in [6.45, 7) is 1.58. The maximum atomic E-state index is 13.3. The number of rotatable bonds is 9. The molecule has 0 aliphatic heterocycles. The molecule has 200 valence electrons. The van der Waals surface area contributed by atoms with Crippen molar-refractivity contribution in [1.82, 2.24) is 10.6 Å². The van der Waals surface area contributed by atoms with Crippen molar-refractivity contribution >= 4 is 17.5 Å². The van der Waals surface area contributed by atoms with Gasteiger partial charge in [-0.15, -0.1) is 0 Å². The lowest BCUT2D eigenvalue weighted by Gasteiger charge is -2.19. The van der Waals surface area contributed by atoms with Gasteiger partial charge in [0.05, 0.1) is 52.4 Å². The van der Waals surface area contributed by atoms with Crippen LogP contribution in [0.2, 0.25) is 0 Å². The summed E-state index contributed by atoms with van der Waals surface area (Å²) in [6.07, 6.45) is 2.69. The molecule has 0 bridgehead atoms. The van der Waals surface area contributed by atoms with E-state index in [4.69, 9.17) is 18.6 Å². The molecule has 10 heteroatoms. The van der Waals surface area contributed by atoms with Gasteiger partial charge >= 0.3 is 0 Å². The average Bonchev–Trinajstić information content (AvgIpc) is 3.32. The first kappa shape index (κ1) is 26.6. The molecule has 4 rings (SSSR count). The lowest BCUT2D eigenvalue weighted by Crippen LogP contribution is -2.30. The van der Waals surface area contributed by atoms with Crippen molar-refractivity contribution in [3.63, 3.8) is 0 Å². The van der Waals surface area contributed by atoms with E-state index in [0.717, 1.165) is 11.1 Å². The van der Waals surface area contributed by atoms with Gasteiger partial charge in [0.1, 0.15) is 5.76 Å². The molecule has 3 N–H and O–H groups in total. The lowest BCUT2D eigenvalue weighted by atomic mass is 9.95. The fraction of sp³-hybridized carbons (Fsp3) is 0.321. The number of anilines is 1. The van der Waals surface area contributed by atoms with Gasteiger partial charge < -0.3 is 34.6 Å². The first-order valence-corrected chi connectivity index (χ1v) is 12.2. The van der Waals surface area contributed by atoms with E-state index in [1.165, 1.54) is 26.4 Å². The molecule has 1 aliphatic carbocycles. The van der Waals surface area contributed by atoms with Gasteiger partial charge in [-0.2, -0.15) is 0 Å². The summed E-state index contributed by atoms with van der Waals surface area (Å²) < 4.78 is 22.2. The Kier molecular flexibility index (Phi) is 8.20. The minimum Gasteiger partial charge on any atom is -0.493 e. The third kappa shape index (κ3) is 5.59. The van der Waals surface area contributed by atoms with Crippen LogP contribution in [0.25, 0.3) is 11.1 Å².